The third kappa shape index (κ3) is 1.78. The van der Waals surface area contributed by atoms with Gasteiger partial charge in [-0.25, -0.2) is 0 Å². The lowest BCUT2D eigenvalue weighted by molar-refractivity contribution is -0.339. The quantitative estimate of drug-likeness (QED) is 0.551. The molecule has 0 aromatic heterocycles. The van der Waals surface area contributed by atoms with Gasteiger partial charge in [0, 0.05) is 0 Å². The molecule has 2 heterocycles. The summed E-state index contributed by atoms with van der Waals surface area (Å²) in [5.74, 6) is -0.734. The number of rotatable bonds is 0. The average Bonchev–Trinajstić information content (AvgIpc) is 2.11. The third-order valence-corrected chi connectivity index (χ3v) is 2.46. The minimum atomic E-state index is -0.995. The summed E-state index contributed by atoms with van der Waals surface area (Å²) in [6.45, 7) is 5.11. The molecule has 0 aliphatic carbocycles. The molecule has 0 unspecified atom stereocenters. The van der Waals surface area contributed by atoms with E-state index in [1.807, 2.05) is 0 Å². The highest BCUT2D eigenvalue weighted by atomic mass is 16.7. The van der Waals surface area contributed by atoms with E-state index in [2.05, 4.69) is 0 Å². The van der Waals surface area contributed by atoms with E-state index in [4.69, 9.17) is 14.2 Å². The number of aliphatic hydroxyl groups excluding tert-OH is 2. The monoisotopic (exact) mass is 203 g/mol. The summed E-state index contributed by atoms with van der Waals surface area (Å²) >= 11 is 0. The second kappa shape index (κ2) is 3.43. The number of ether oxygens (including phenoxy) is 3. The Morgan fingerprint density at radius 1 is 1.36 bits per heavy atom. The van der Waals surface area contributed by atoms with Crippen molar-refractivity contribution in [1.82, 2.24) is 0 Å². The van der Waals surface area contributed by atoms with E-state index in [9.17, 15) is 10.2 Å². The van der Waals surface area contributed by atoms with Crippen molar-refractivity contribution in [1.29, 1.82) is 0 Å². The minimum absolute atomic E-state index is 0.332. The fraction of sp³-hybridized carbons (Fsp3) is 0.889. The predicted molar refractivity (Wildman–Crippen MR) is 46.1 cm³/mol. The first kappa shape index (κ1) is 10.3. The van der Waals surface area contributed by atoms with Gasteiger partial charge in [-0.15, -0.1) is 0 Å². The van der Waals surface area contributed by atoms with Crippen LogP contribution in [0.1, 0.15) is 13.8 Å². The van der Waals surface area contributed by atoms with Gasteiger partial charge in [-0.2, -0.15) is 0 Å². The molecule has 0 amide bonds. The van der Waals surface area contributed by atoms with Crippen LogP contribution in [0.25, 0.3) is 0 Å². The van der Waals surface area contributed by atoms with Gasteiger partial charge in [0.05, 0.1) is 6.61 Å². The zero-order chi connectivity index (χ0) is 10.3. The van der Waals surface area contributed by atoms with Gasteiger partial charge in [0.2, 0.25) is 0 Å². The van der Waals surface area contributed by atoms with Crippen LogP contribution in [0.5, 0.6) is 0 Å². The molecule has 81 valence electrons. The molecule has 2 fully saturated rings. The second-order valence-electron chi connectivity index (χ2n) is 4.09. The van der Waals surface area contributed by atoms with Crippen LogP contribution in [0.2, 0.25) is 0 Å². The van der Waals surface area contributed by atoms with Crippen LogP contribution >= 0.6 is 0 Å². The molecule has 14 heavy (non-hydrogen) atoms. The topological polar surface area (TPSA) is 68.2 Å². The summed E-state index contributed by atoms with van der Waals surface area (Å²) in [5, 5.41) is 19.0. The summed E-state index contributed by atoms with van der Waals surface area (Å²) in [6.07, 6.45) is -2.80. The summed E-state index contributed by atoms with van der Waals surface area (Å²) in [4.78, 5) is 0. The van der Waals surface area contributed by atoms with Crippen LogP contribution in [-0.2, 0) is 14.2 Å². The van der Waals surface area contributed by atoms with Gasteiger partial charge >= 0.3 is 0 Å². The summed E-state index contributed by atoms with van der Waals surface area (Å²) in [7, 11) is 0. The maximum absolute atomic E-state index is 9.66. The number of hydrogen-bond acceptors (Lipinski definition) is 5. The summed E-state index contributed by atoms with van der Waals surface area (Å²) in [5.41, 5.74) is 0. The number of aliphatic hydroxyl groups is 2. The third-order valence-electron chi connectivity index (χ3n) is 2.46. The first-order chi connectivity index (χ1) is 6.49. The zero-order valence-electron chi connectivity index (χ0n) is 8.21. The molecule has 5 heteroatoms. The molecule has 2 aliphatic heterocycles. The van der Waals surface area contributed by atoms with E-state index in [1.54, 1.807) is 13.8 Å². The van der Waals surface area contributed by atoms with Gasteiger partial charge in [-0.1, -0.05) is 0 Å². The fourth-order valence-electron chi connectivity index (χ4n) is 1.68. The molecular weight excluding hydrogens is 188 g/mol. The molecule has 5 nitrogen and oxygen atoms in total. The van der Waals surface area contributed by atoms with E-state index >= 15 is 0 Å². The van der Waals surface area contributed by atoms with Crippen molar-refractivity contribution in [3.63, 3.8) is 0 Å². The van der Waals surface area contributed by atoms with Crippen molar-refractivity contribution in [2.45, 2.75) is 44.1 Å². The van der Waals surface area contributed by atoms with Gasteiger partial charge < -0.3 is 24.4 Å². The smallest absolute Gasteiger partial charge is 0.163 e. The molecule has 2 rings (SSSR count). The summed E-state index contributed by atoms with van der Waals surface area (Å²) < 4.78 is 16.0. The van der Waals surface area contributed by atoms with Crippen LogP contribution in [0.15, 0.2) is 0 Å². The Labute approximate surface area is 82.6 Å². The Bertz CT molecular complexity index is 215. The number of fused-ring (bicyclic) bond motifs is 1. The van der Waals surface area contributed by atoms with Crippen molar-refractivity contribution in [3.8, 4) is 0 Å². The zero-order valence-corrected chi connectivity index (χ0v) is 8.21. The Balaban J connectivity index is 2.08. The van der Waals surface area contributed by atoms with Gasteiger partial charge in [0.15, 0.2) is 5.79 Å². The molecular formula is C9H15O5. The van der Waals surface area contributed by atoms with E-state index in [1.165, 1.54) is 6.61 Å². The highest BCUT2D eigenvalue weighted by Crippen LogP contribution is 2.30. The SMILES string of the molecule is CC1(C)OC[C@H]2O[CH][C@H](O)[C@@H](O)[C@H]2O1. The fourth-order valence-corrected chi connectivity index (χ4v) is 1.68. The van der Waals surface area contributed by atoms with Gasteiger partial charge in [-0.3, -0.25) is 0 Å². The Hall–Kier alpha value is -0.200. The highest BCUT2D eigenvalue weighted by molar-refractivity contribution is 4.95. The molecule has 0 aromatic carbocycles. The van der Waals surface area contributed by atoms with Gasteiger partial charge in [0.25, 0.3) is 0 Å². The molecule has 4 atom stereocenters. The van der Waals surface area contributed by atoms with Crippen LogP contribution in [-0.4, -0.2) is 47.0 Å². The van der Waals surface area contributed by atoms with Crippen molar-refractivity contribution in [3.05, 3.63) is 6.61 Å². The van der Waals surface area contributed by atoms with Gasteiger partial charge in [-0.05, 0) is 13.8 Å². The van der Waals surface area contributed by atoms with Crippen LogP contribution < -0.4 is 0 Å². The lowest BCUT2D eigenvalue weighted by Crippen LogP contribution is -2.60. The molecule has 2 N–H and O–H groups in total. The second-order valence-corrected chi connectivity index (χ2v) is 4.09. The maximum Gasteiger partial charge on any atom is 0.163 e. The van der Waals surface area contributed by atoms with Crippen LogP contribution in [0.4, 0.5) is 0 Å². The molecule has 0 aromatic rings. The van der Waals surface area contributed by atoms with E-state index < -0.39 is 24.1 Å². The highest BCUT2D eigenvalue weighted by Gasteiger charge is 2.46. The largest absolute Gasteiger partial charge is 0.387 e. The standard InChI is InChI=1S/C9H15O5/c1-9(2)13-4-6-8(14-9)7(11)5(10)3-12-6/h3,5-8,10-11H,4H2,1-2H3/t5-,6+,7+,8-/m0/s1. The Morgan fingerprint density at radius 2 is 2.07 bits per heavy atom. The lowest BCUT2D eigenvalue weighted by Gasteiger charge is -2.46. The Morgan fingerprint density at radius 3 is 2.79 bits per heavy atom. The minimum Gasteiger partial charge on any atom is -0.387 e. The molecule has 1 radical (unpaired) electrons. The maximum atomic E-state index is 9.66. The average molecular weight is 203 g/mol. The van der Waals surface area contributed by atoms with Crippen molar-refractivity contribution in [2.75, 3.05) is 6.61 Å². The van der Waals surface area contributed by atoms with Crippen LogP contribution in [0, 0.1) is 6.61 Å². The lowest BCUT2D eigenvalue weighted by atomic mass is 9.99. The van der Waals surface area contributed by atoms with Crippen molar-refractivity contribution in [2.24, 2.45) is 0 Å². The van der Waals surface area contributed by atoms with E-state index in [0.29, 0.717) is 6.61 Å². The molecule has 2 saturated heterocycles. The van der Waals surface area contributed by atoms with E-state index in [0.717, 1.165) is 0 Å². The first-order valence-electron chi connectivity index (χ1n) is 4.66. The molecule has 0 spiro atoms. The molecule has 0 saturated carbocycles. The summed E-state index contributed by atoms with van der Waals surface area (Å²) in [6, 6.07) is 0. The van der Waals surface area contributed by atoms with Gasteiger partial charge in [0.1, 0.15) is 31.0 Å². The molecule has 2 aliphatic rings. The van der Waals surface area contributed by atoms with Crippen molar-refractivity contribution < 1.29 is 24.4 Å². The van der Waals surface area contributed by atoms with Crippen LogP contribution in [0.3, 0.4) is 0 Å². The predicted octanol–water partition coefficient (Wildman–Crippen LogP) is -0.580. The van der Waals surface area contributed by atoms with Crippen molar-refractivity contribution >= 4 is 0 Å². The number of hydrogen-bond donors (Lipinski definition) is 2. The Kier molecular flexibility index (Phi) is 2.53. The molecule has 0 bridgehead atoms. The first-order valence-corrected chi connectivity index (χ1v) is 4.66. The normalized spacial score (nSPS) is 47.1. The van der Waals surface area contributed by atoms with E-state index in [-0.39, 0.29) is 6.10 Å².